The zero-order valence-electron chi connectivity index (χ0n) is 9.56. The van der Waals surface area contributed by atoms with E-state index in [9.17, 15) is 4.79 Å². The Hall–Kier alpha value is -1.48. The summed E-state index contributed by atoms with van der Waals surface area (Å²) in [6.07, 6.45) is -1.58. The van der Waals surface area contributed by atoms with Crippen molar-refractivity contribution >= 4 is 23.8 Å². The summed E-state index contributed by atoms with van der Waals surface area (Å²) in [5, 5.41) is 26.6. The number of rotatable bonds is 6. The number of nitrogens with zero attached hydrogens (tertiary/aromatic N) is 4. The maximum Gasteiger partial charge on any atom is 0.371 e. The zero-order chi connectivity index (χ0) is 13.8. The van der Waals surface area contributed by atoms with Crippen LogP contribution in [-0.4, -0.2) is 62.8 Å². The highest BCUT2D eigenvalue weighted by molar-refractivity contribution is 6.28. The molecular weight excluding hydrogens is 264 g/mol. The van der Waals surface area contributed by atoms with Crippen LogP contribution in [0.15, 0.2) is 12.3 Å². The predicted molar refractivity (Wildman–Crippen MR) is 62.5 cm³/mol. The molecule has 18 heavy (non-hydrogen) atoms. The lowest BCUT2D eigenvalue weighted by Gasteiger charge is -2.28. The van der Waals surface area contributed by atoms with Crippen molar-refractivity contribution in [1.82, 2.24) is 14.9 Å². The number of hydrogen-bond donors (Lipinski definition) is 3. The molecule has 0 saturated carbocycles. The van der Waals surface area contributed by atoms with E-state index >= 15 is 0 Å². The molecule has 1 aromatic rings. The molecule has 1 amide bonds. The molecule has 0 atom stereocenters. The predicted octanol–water partition coefficient (Wildman–Crippen LogP) is -1.39. The Morgan fingerprint density at radius 1 is 1.44 bits per heavy atom. The van der Waals surface area contributed by atoms with Crippen LogP contribution in [0.4, 0.5) is 5.82 Å². The third-order valence-electron chi connectivity index (χ3n) is 2.19. The van der Waals surface area contributed by atoms with Crippen LogP contribution in [0.3, 0.4) is 0 Å². The third kappa shape index (κ3) is 4.08. The molecule has 0 aliphatic carbocycles. The quantitative estimate of drug-likeness (QED) is 0.333. The molecule has 0 aliphatic rings. The average molecular weight is 277 g/mol. The van der Waals surface area contributed by atoms with Gasteiger partial charge in [0.25, 0.3) is 0 Å². The largest absolute Gasteiger partial charge is 0.371 e. The molecule has 0 saturated heterocycles. The van der Waals surface area contributed by atoms with Crippen LogP contribution in [0, 0.1) is 0 Å². The SMILES string of the molecule is CN(CCN(C=O)C(O)(O)O)c1ccnc(Cl)n1. The van der Waals surface area contributed by atoms with Crippen molar-refractivity contribution in [3.05, 3.63) is 17.5 Å². The summed E-state index contributed by atoms with van der Waals surface area (Å²) < 4.78 is 0. The fourth-order valence-electron chi connectivity index (χ4n) is 1.18. The van der Waals surface area contributed by atoms with Crippen LogP contribution < -0.4 is 4.90 Å². The van der Waals surface area contributed by atoms with E-state index < -0.39 is 6.10 Å². The van der Waals surface area contributed by atoms with Crippen LogP contribution in [0.5, 0.6) is 0 Å². The minimum atomic E-state index is -3.17. The second kappa shape index (κ2) is 5.91. The van der Waals surface area contributed by atoms with E-state index in [1.807, 2.05) is 0 Å². The molecule has 1 aromatic heterocycles. The third-order valence-corrected chi connectivity index (χ3v) is 2.37. The number of anilines is 1. The van der Waals surface area contributed by atoms with Gasteiger partial charge in [0, 0.05) is 26.3 Å². The minimum Gasteiger partial charge on any atom is -0.358 e. The first-order chi connectivity index (χ1) is 8.34. The summed E-state index contributed by atoms with van der Waals surface area (Å²) in [5.74, 6) is 0.500. The fourth-order valence-corrected chi connectivity index (χ4v) is 1.33. The topological polar surface area (TPSA) is 110 Å². The van der Waals surface area contributed by atoms with E-state index in [4.69, 9.17) is 26.9 Å². The Balaban J connectivity index is 2.60. The number of hydrogen-bond acceptors (Lipinski definition) is 7. The molecular formula is C9H13ClN4O4. The Kier molecular flexibility index (Phi) is 4.79. The highest BCUT2D eigenvalue weighted by Gasteiger charge is 2.27. The van der Waals surface area contributed by atoms with Crippen LogP contribution in [0.25, 0.3) is 0 Å². The van der Waals surface area contributed by atoms with Gasteiger partial charge in [0.05, 0.1) is 0 Å². The van der Waals surface area contributed by atoms with E-state index in [-0.39, 0.29) is 24.8 Å². The lowest BCUT2D eigenvalue weighted by atomic mass is 10.4. The van der Waals surface area contributed by atoms with Gasteiger partial charge in [0.15, 0.2) is 0 Å². The van der Waals surface area contributed by atoms with Gasteiger partial charge in [-0.25, -0.2) is 9.97 Å². The van der Waals surface area contributed by atoms with Gasteiger partial charge < -0.3 is 20.2 Å². The summed E-state index contributed by atoms with van der Waals surface area (Å²) >= 11 is 5.62. The smallest absolute Gasteiger partial charge is 0.358 e. The van der Waals surface area contributed by atoms with Gasteiger partial charge in [-0.2, -0.15) is 0 Å². The standard InChI is InChI=1S/C9H13ClN4O4/c1-13(7-2-3-11-8(10)12-7)4-5-14(6-15)9(16,17)18/h2-3,6,16-18H,4-5H2,1H3. The minimum absolute atomic E-state index is 0.0763. The van der Waals surface area contributed by atoms with Crippen LogP contribution in [0.2, 0.25) is 5.28 Å². The number of aromatic nitrogens is 2. The normalized spacial score (nSPS) is 11.2. The molecule has 1 heterocycles. The summed E-state index contributed by atoms with van der Waals surface area (Å²) in [7, 11) is 1.66. The first-order valence-corrected chi connectivity index (χ1v) is 5.31. The molecule has 0 spiro atoms. The lowest BCUT2D eigenvalue weighted by molar-refractivity contribution is -0.378. The van der Waals surface area contributed by atoms with Crippen molar-refractivity contribution in [3.63, 3.8) is 0 Å². The van der Waals surface area contributed by atoms with E-state index in [1.165, 1.54) is 6.20 Å². The van der Waals surface area contributed by atoms with Gasteiger partial charge in [0.2, 0.25) is 11.7 Å². The fraction of sp³-hybridized carbons (Fsp3) is 0.444. The molecule has 8 nitrogen and oxygen atoms in total. The van der Waals surface area contributed by atoms with Gasteiger partial charge in [-0.3, -0.25) is 9.69 Å². The molecule has 0 unspecified atom stereocenters. The molecule has 0 aromatic carbocycles. The summed E-state index contributed by atoms with van der Waals surface area (Å²) in [6.45, 7) is 0.0840. The molecule has 0 aliphatic heterocycles. The number of carbonyl (C=O) groups is 1. The maximum atomic E-state index is 10.5. The Morgan fingerprint density at radius 3 is 2.61 bits per heavy atom. The molecule has 1 rings (SSSR count). The number of amides is 1. The van der Waals surface area contributed by atoms with Crippen molar-refractivity contribution < 1.29 is 20.1 Å². The van der Waals surface area contributed by atoms with Gasteiger partial charge in [0.1, 0.15) is 5.82 Å². The van der Waals surface area contributed by atoms with Gasteiger partial charge in [-0.05, 0) is 17.7 Å². The van der Waals surface area contributed by atoms with Gasteiger partial charge >= 0.3 is 6.10 Å². The van der Waals surface area contributed by atoms with Crippen molar-refractivity contribution in [2.75, 3.05) is 25.0 Å². The molecule has 0 bridgehead atoms. The average Bonchev–Trinajstić information content (AvgIpc) is 2.27. The first-order valence-electron chi connectivity index (χ1n) is 4.93. The van der Waals surface area contributed by atoms with Crippen LogP contribution in [-0.2, 0) is 4.79 Å². The number of halogens is 1. The van der Waals surface area contributed by atoms with E-state index in [2.05, 4.69) is 9.97 Å². The summed E-state index contributed by atoms with van der Waals surface area (Å²) in [4.78, 5) is 20.2. The zero-order valence-corrected chi connectivity index (χ0v) is 10.3. The van der Waals surface area contributed by atoms with Crippen LogP contribution in [0.1, 0.15) is 0 Å². The van der Waals surface area contributed by atoms with E-state index in [0.717, 1.165) is 0 Å². The Labute approximate surface area is 108 Å². The number of aliphatic hydroxyl groups is 3. The van der Waals surface area contributed by atoms with Crippen LogP contribution >= 0.6 is 11.6 Å². The van der Waals surface area contributed by atoms with Crippen molar-refractivity contribution in [3.8, 4) is 0 Å². The summed E-state index contributed by atoms with van der Waals surface area (Å²) in [5.41, 5.74) is 0. The van der Waals surface area contributed by atoms with Crippen molar-refractivity contribution in [2.45, 2.75) is 6.10 Å². The van der Waals surface area contributed by atoms with Crippen molar-refractivity contribution in [1.29, 1.82) is 0 Å². The molecule has 9 heteroatoms. The highest BCUT2D eigenvalue weighted by atomic mass is 35.5. The maximum absolute atomic E-state index is 10.5. The lowest BCUT2D eigenvalue weighted by Crippen LogP contribution is -2.50. The summed E-state index contributed by atoms with van der Waals surface area (Å²) in [6, 6.07) is 1.60. The van der Waals surface area contributed by atoms with Crippen molar-refractivity contribution in [2.24, 2.45) is 0 Å². The second-order valence-corrected chi connectivity index (χ2v) is 3.84. The number of likely N-dealkylation sites (N-methyl/N-ethyl adjacent to an activating group) is 1. The molecule has 0 radical (unpaired) electrons. The molecule has 3 N–H and O–H groups in total. The van der Waals surface area contributed by atoms with E-state index in [1.54, 1.807) is 18.0 Å². The first kappa shape index (κ1) is 14.6. The highest BCUT2D eigenvalue weighted by Crippen LogP contribution is 2.10. The molecule has 100 valence electrons. The monoisotopic (exact) mass is 276 g/mol. The van der Waals surface area contributed by atoms with E-state index in [0.29, 0.717) is 10.7 Å². The second-order valence-electron chi connectivity index (χ2n) is 3.50. The Bertz CT molecular complexity index is 412. The van der Waals surface area contributed by atoms with Gasteiger partial charge in [-0.15, -0.1) is 0 Å². The number of carbonyl (C=O) groups excluding carboxylic acids is 1. The molecule has 0 fully saturated rings. The van der Waals surface area contributed by atoms with Gasteiger partial charge in [-0.1, -0.05) is 0 Å². The Morgan fingerprint density at radius 2 is 2.11 bits per heavy atom.